The zero-order valence-electron chi connectivity index (χ0n) is 12.5. The van der Waals surface area contributed by atoms with Crippen molar-refractivity contribution in [2.75, 3.05) is 12.0 Å². The van der Waals surface area contributed by atoms with Crippen LogP contribution in [0.2, 0.25) is 0 Å². The summed E-state index contributed by atoms with van der Waals surface area (Å²) >= 11 is 0. The van der Waals surface area contributed by atoms with Gasteiger partial charge in [-0.3, -0.25) is 9.69 Å². The Bertz CT molecular complexity index is 772. The maximum absolute atomic E-state index is 12.8. The number of amides is 1. The maximum atomic E-state index is 12.8. The molecule has 0 N–H and O–H groups in total. The first-order chi connectivity index (χ1) is 11.3. The summed E-state index contributed by atoms with van der Waals surface area (Å²) in [5, 5.41) is 3.67. The van der Waals surface area contributed by atoms with E-state index in [1.54, 1.807) is 18.3 Å². The summed E-state index contributed by atoms with van der Waals surface area (Å²) in [6, 6.07) is 16.5. The number of methoxy groups -OCH3 is 1. The molecular formula is C17H15N3O3. The molecule has 0 atom stereocenters. The Morgan fingerprint density at radius 3 is 2.61 bits per heavy atom. The predicted octanol–water partition coefficient (Wildman–Crippen LogP) is 2.93. The van der Waals surface area contributed by atoms with Gasteiger partial charge in [0, 0.05) is 6.20 Å². The van der Waals surface area contributed by atoms with E-state index in [9.17, 15) is 4.79 Å². The monoisotopic (exact) mass is 309 g/mol. The highest BCUT2D eigenvalue weighted by Gasteiger charge is 2.23. The van der Waals surface area contributed by atoms with Gasteiger partial charge in [-0.05, 0) is 22.9 Å². The van der Waals surface area contributed by atoms with Gasteiger partial charge < -0.3 is 9.26 Å². The van der Waals surface area contributed by atoms with Gasteiger partial charge in [-0.1, -0.05) is 36.4 Å². The van der Waals surface area contributed by atoms with Crippen LogP contribution >= 0.6 is 0 Å². The van der Waals surface area contributed by atoms with Gasteiger partial charge in [0.2, 0.25) is 5.76 Å². The van der Waals surface area contributed by atoms with E-state index in [1.807, 2.05) is 36.4 Å². The number of nitrogens with zero attached hydrogens (tertiary/aromatic N) is 3. The Hall–Kier alpha value is -3.15. The summed E-state index contributed by atoms with van der Waals surface area (Å²) in [4.78, 5) is 18.6. The normalized spacial score (nSPS) is 10.3. The zero-order valence-corrected chi connectivity index (χ0v) is 12.5. The van der Waals surface area contributed by atoms with Crippen molar-refractivity contribution in [1.82, 2.24) is 10.1 Å². The number of aromatic nitrogens is 2. The molecule has 2 heterocycles. The lowest BCUT2D eigenvalue weighted by atomic mass is 10.2. The largest absolute Gasteiger partial charge is 0.479 e. The van der Waals surface area contributed by atoms with Gasteiger partial charge in [0.15, 0.2) is 0 Å². The molecule has 0 saturated carbocycles. The Morgan fingerprint density at radius 1 is 1.17 bits per heavy atom. The molecule has 2 aromatic heterocycles. The predicted molar refractivity (Wildman–Crippen MR) is 84.2 cm³/mol. The molecule has 1 amide bonds. The first kappa shape index (κ1) is 14.8. The lowest BCUT2D eigenvalue weighted by Gasteiger charge is -2.20. The van der Waals surface area contributed by atoms with Crippen LogP contribution in [0.4, 0.5) is 5.82 Å². The summed E-state index contributed by atoms with van der Waals surface area (Å²) in [6.07, 6.45) is 1.64. The third-order valence-corrected chi connectivity index (χ3v) is 3.26. The third kappa shape index (κ3) is 3.37. The van der Waals surface area contributed by atoms with E-state index in [0.717, 1.165) is 5.56 Å². The molecule has 0 saturated heterocycles. The van der Waals surface area contributed by atoms with Crippen molar-refractivity contribution < 1.29 is 14.1 Å². The number of hydrogen-bond donors (Lipinski definition) is 0. The van der Waals surface area contributed by atoms with E-state index < -0.39 is 0 Å². The number of hydrogen-bond acceptors (Lipinski definition) is 5. The molecule has 3 rings (SSSR count). The van der Waals surface area contributed by atoms with Gasteiger partial charge >= 0.3 is 0 Å². The number of carbonyl (C=O) groups excluding carboxylic acids is 1. The molecule has 0 spiro atoms. The quantitative estimate of drug-likeness (QED) is 0.725. The van der Waals surface area contributed by atoms with Crippen LogP contribution in [0.25, 0.3) is 0 Å². The van der Waals surface area contributed by atoms with Crippen LogP contribution in [-0.2, 0) is 6.54 Å². The lowest BCUT2D eigenvalue weighted by molar-refractivity contribution is 0.0948. The first-order valence-electron chi connectivity index (χ1n) is 7.05. The molecule has 0 aliphatic carbocycles. The summed E-state index contributed by atoms with van der Waals surface area (Å²) < 4.78 is 10.0. The second kappa shape index (κ2) is 6.74. The van der Waals surface area contributed by atoms with Crippen molar-refractivity contribution >= 4 is 11.7 Å². The van der Waals surface area contributed by atoms with Gasteiger partial charge in [0.05, 0.1) is 19.7 Å². The SMILES string of the molecule is COc1cc(C(=O)N(Cc2ccccc2)c2ccccn2)on1. The Labute approximate surface area is 133 Å². The standard InChI is InChI=1S/C17H15N3O3/c1-22-16-11-14(23-19-16)17(21)20(15-9-5-6-10-18-15)12-13-7-3-2-4-8-13/h2-11H,12H2,1H3. The van der Waals surface area contributed by atoms with Crippen LogP contribution in [0.3, 0.4) is 0 Å². The fraction of sp³-hybridized carbons (Fsp3) is 0.118. The Balaban J connectivity index is 1.93. The van der Waals surface area contributed by atoms with Gasteiger partial charge in [0.1, 0.15) is 5.82 Å². The van der Waals surface area contributed by atoms with Crippen molar-refractivity contribution in [3.63, 3.8) is 0 Å². The van der Waals surface area contributed by atoms with E-state index in [1.165, 1.54) is 18.1 Å². The van der Waals surface area contributed by atoms with Gasteiger partial charge in [-0.25, -0.2) is 4.98 Å². The highest BCUT2D eigenvalue weighted by Crippen LogP contribution is 2.19. The van der Waals surface area contributed by atoms with Crippen molar-refractivity contribution in [3.8, 4) is 5.88 Å². The van der Waals surface area contributed by atoms with Crippen molar-refractivity contribution in [2.24, 2.45) is 0 Å². The Morgan fingerprint density at radius 2 is 1.96 bits per heavy atom. The highest BCUT2D eigenvalue weighted by atomic mass is 16.5. The van der Waals surface area contributed by atoms with Crippen molar-refractivity contribution in [2.45, 2.75) is 6.54 Å². The molecule has 0 bridgehead atoms. The minimum atomic E-state index is -0.330. The van der Waals surface area contributed by atoms with E-state index in [4.69, 9.17) is 9.26 Å². The molecule has 0 unspecified atom stereocenters. The van der Waals surface area contributed by atoms with Gasteiger partial charge in [-0.2, -0.15) is 0 Å². The number of anilines is 1. The minimum absolute atomic E-state index is 0.100. The number of ether oxygens (including phenoxy) is 1. The number of benzene rings is 1. The fourth-order valence-corrected chi connectivity index (χ4v) is 2.13. The van der Waals surface area contributed by atoms with Crippen molar-refractivity contribution in [3.05, 3.63) is 72.1 Å². The smallest absolute Gasteiger partial charge is 0.298 e. The van der Waals surface area contributed by atoms with Crippen LogP contribution in [0.15, 0.2) is 65.3 Å². The van der Waals surface area contributed by atoms with E-state index >= 15 is 0 Å². The topological polar surface area (TPSA) is 68.5 Å². The van der Waals surface area contributed by atoms with E-state index in [-0.39, 0.29) is 17.5 Å². The molecule has 0 radical (unpaired) electrons. The van der Waals surface area contributed by atoms with Crippen LogP contribution in [0, 0.1) is 0 Å². The molecule has 6 nitrogen and oxygen atoms in total. The summed E-state index contributed by atoms with van der Waals surface area (Å²) in [5.41, 5.74) is 0.984. The summed E-state index contributed by atoms with van der Waals surface area (Å²) in [5.74, 6) is 0.567. The van der Waals surface area contributed by atoms with E-state index in [0.29, 0.717) is 12.4 Å². The molecular weight excluding hydrogens is 294 g/mol. The van der Waals surface area contributed by atoms with E-state index in [2.05, 4.69) is 10.1 Å². The average molecular weight is 309 g/mol. The van der Waals surface area contributed by atoms with Crippen LogP contribution in [-0.4, -0.2) is 23.2 Å². The average Bonchev–Trinajstić information content (AvgIpc) is 3.10. The molecule has 3 aromatic rings. The second-order valence-electron chi connectivity index (χ2n) is 4.80. The highest BCUT2D eigenvalue weighted by molar-refractivity contribution is 6.03. The molecule has 6 heteroatoms. The number of rotatable bonds is 5. The number of carbonyl (C=O) groups is 1. The van der Waals surface area contributed by atoms with Crippen molar-refractivity contribution in [1.29, 1.82) is 0 Å². The lowest BCUT2D eigenvalue weighted by Crippen LogP contribution is -2.30. The van der Waals surface area contributed by atoms with Crippen LogP contribution in [0.1, 0.15) is 16.1 Å². The first-order valence-corrected chi connectivity index (χ1v) is 7.05. The maximum Gasteiger partial charge on any atom is 0.298 e. The minimum Gasteiger partial charge on any atom is -0.479 e. The zero-order chi connectivity index (χ0) is 16.1. The van der Waals surface area contributed by atoms with Crippen LogP contribution in [0.5, 0.6) is 5.88 Å². The van der Waals surface area contributed by atoms with Crippen LogP contribution < -0.4 is 9.64 Å². The molecule has 0 aliphatic heterocycles. The fourth-order valence-electron chi connectivity index (χ4n) is 2.13. The third-order valence-electron chi connectivity index (χ3n) is 3.26. The molecule has 23 heavy (non-hydrogen) atoms. The molecule has 1 aromatic carbocycles. The van der Waals surface area contributed by atoms with Gasteiger partial charge in [0.25, 0.3) is 11.8 Å². The summed E-state index contributed by atoms with van der Waals surface area (Å²) in [6.45, 7) is 0.375. The number of pyridine rings is 1. The molecule has 0 aliphatic rings. The molecule has 116 valence electrons. The second-order valence-corrected chi connectivity index (χ2v) is 4.80. The van der Waals surface area contributed by atoms with Gasteiger partial charge in [-0.15, -0.1) is 0 Å². The Kier molecular flexibility index (Phi) is 4.33. The molecule has 0 fully saturated rings. The summed E-state index contributed by atoms with van der Waals surface area (Å²) in [7, 11) is 1.46.